The van der Waals surface area contributed by atoms with Gasteiger partial charge in [0.1, 0.15) is 5.82 Å². The molecule has 204 valence electrons. The van der Waals surface area contributed by atoms with Crippen LogP contribution in [0.15, 0.2) is 60.7 Å². The monoisotopic (exact) mass is 530 g/mol. The van der Waals surface area contributed by atoms with E-state index in [0.29, 0.717) is 24.4 Å². The highest BCUT2D eigenvalue weighted by Crippen LogP contribution is 2.28. The van der Waals surface area contributed by atoms with Crippen molar-refractivity contribution in [1.29, 1.82) is 0 Å². The van der Waals surface area contributed by atoms with Crippen molar-refractivity contribution in [2.45, 2.75) is 19.4 Å². The Balaban J connectivity index is 1.39. The van der Waals surface area contributed by atoms with Crippen molar-refractivity contribution >= 4 is 34.0 Å². The van der Waals surface area contributed by atoms with Gasteiger partial charge >= 0.3 is 0 Å². The van der Waals surface area contributed by atoms with Gasteiger partial charge in [-0.2, -0.15) is 5.10 Å². The summed E-state index contributed by atoms with van der Waals surface area (Å²) in [6.45, 7) is 6.41. The molecule has 1 aliphatic rings. The Morgan fingerprint density at radius 2 is 1.87 bits per heavy atom. The number of ether oxygens (including phenoxy) is 1. The fraction of sp³-hybridized carbons (Fsp3) is 0.333. The summed E-state index contributed by atoms with van der Waals surface area (Å²) < 4.78 is 19.0. The first-order chi connectivity index (χ1) is 18.9. The molecule has 1 amide bonds. The second-order valence-corrected chi connectivity index (χ2v) is 10.2. The minimum absolute atomic E-state index is 0.0147. The van der Waals surface area contributed by atoms with Crippen LogP contribution in [0.4, 0.5) is 21.6 Å². The van der Waals surface area contributed by atoms with E-state index >= 15 is 0 Å². The molecule has 3 N–H and O–H groups in total. The number of piperazine rings is 1. The molecule has 0 unspecified atom stereocenters. The van der Waals surface area contributed by atoms with Crippen LogP contribution in [0.2, 0.25) is 0 Å². The molecule has 39 heavy (non-hydrogen) atoms. The molecule has 0 bridgehead atoms. The molecule has 1 atom stereocenters. The zero-order valence-electron chi connectivity index (χ0n) is 22.6. The topological polar surface area (TPSA) is 85.5 Å². The number of halogens is 1. The second-order valence-electron chi connectivity index (χ2n) is 10.2. The fourth-order valence-corrected chi connectivity index (χ4v) is 4.99. The number of benzene rings is 3. The van der Waals surface area contributed by atoms with E-state index in [1.165, 1.54) is 12.1 Å². The van der Waals surface area contributed by atoms with E-state index in [1.54, 1.807) is 13.2 Å². The molecule has 0 aliphatic carbocycles. The number of anilines is 3. The summed E-state index contributed by atoms with van der Waals surface area (Å²) >= 11 is 0. The predicted octanol–water partition coefficient (Wildman–Crippen LogP) is 4.74. The van der Waals surface area contributed by atoms with Gasteiger partial charge in [0.25, 0.3) is 5.91 Å². The zero-order valence-corrected chi connectivity index (χ0v) is 22.6. The van der Waals surface area contributed by atoms with Gasteiger partial charge in [-0.15, -0.1) is 0 Å². The van der Waals surface area contributed by atoms with Crippen LogP contribution in [0, 0.1) is 5.82 Å². The van der Waals surface area contributed by atoms with Crippen molar-refractivity contribution < 1.29 is 13.9 Å². The number of hydrogen-bond donors (Lipinski definition) is 3. The summed E-state index contributed by atoms with van der Waals surface area (Å²) in [6.07, 6.45) is 0.575. The Morgan fingerprint density at radius 3 is 2.64 bits per heavy atom. The first kappa shape index (κ1) is 26.6. The van der Waals surface area contributed by atoms with E-state index in [1.807, 2.05) is 49.4 Å². The standard InChI is InChI=1S/C30H35FN6O2/c1-20(19-39-3)32-28-18-24(37-13-11-36(2)12-14-37)8-9-25(28)30(38)33-29-26-17-22(7-10-27(26)34-35-29)15-21-5-4-6-23(31)16-21/h4-10,16-18,20,32H,11-15,19H2,1-3H3,(H2,33,34,35,38)/t20-/m0/s1. The number of nitrogens with one attached hydrogen (secondary N) is 3. The van der Waals surface area contributed by atoms with E-state index in [9.17, 15) is 9.18 Å². The number of aromatic amines is 1. The average Bonchev–Trinajstić information content (AvgIpc) is 3.31. The number of amides is 1. The molecule has 2 heterocycles. The number of aromatic nitrogens is 2. The van der Waals surface area contributed by atoms with Crippen molar-refractivity contribution in [3.05, 3.63) is 83.2 Å². The molecule has 9 heteroatoms. The number of hydrogen-bond acceptors (Lipinski definition) is 6. The van der Waals surface area contributed by atoms with Crippen LogP contribution in [0.5, 0.6) is 0 Å². The number of nitrogens with zero attached hydrogens (tertiary/aromatic N) is 3. The SMILES string of the molecule is COC[C@H](C)Nc1cc(N2CCN(C)CC2)ccc1C(=O)Nc1n[nH]c2ccc(Cc3cccc(F)c3)cc12. The highest BCUT2D eigenvalue weighted by atomic mass is 19.1. The second kappa shape index (κ2) is 11.8. The first-order valence-corrected chi connectivity index (χ1v) is 13.3. The molecule has 1 aliphatic heterocycles. The van der Waals surface area contributed by atoms with Gasteiger partial charge in [0, 0.05) is 56.1 Å². The lowest BCUT2D eigenvalue weighted by atomic mass is 10.0. The maximum absolute atomic E-state index is 13.7. The van der Waals surface area contributed by atoms with Crippen LogP contribution in [-0.4, -0.2) is 74.0 Å². The largest absolute Gasteiger partial charge is 0.383 e. The van der Waals surface area contributed by atoms with Crippen LogP contribution in [-0.2, 0) is 11.2 Å². The van der Waals surface area contributed by atoms with Crippen molar-refractivity contribution in [1.82, 2.24) is 15.1 Å². The Labute approximate surface area is 228 Å². The molecular formula is C30H35FN6O2. The van der Waals surface area contributed by atoms with E-state index in [4.69, 9.17) is 4.74 Å². The molecule has 3 aromatic carbocycles. The van der Waals surface area contributed by atoms with E-state index in [-0.39, 0.29) is 17.8 Å². The maximum Gasteiger partial charge on any atom is 0.258 e. The number of methoxy groups -OCH3 is 1. The molecule has 1 saturated heterocycles. The van der Waals surface area contributed by atoms with Gasteiger partial charge < -0.3 is 25.2 Å². The van der Waals surface area contributed by atoms with Gasteiger partial charge in [0.2, 0.25) is 0 Å². The maximum atomic E-state index is 13.7. The summed E-state index contributed by atoms with van der Waals surface area (Å²) in [4.78, 5) is 18.2. The van der Waals surface area contributed by atoms with Crippen LogP contribution in [0.3, 0.4) is 0 Å². The third kappa shape index (κ3) is 6.38. The summed E-state index contributed by atoms with van der Waals surface area (Å²) in [7, 11) is 3.80. The number of H-pyrrole nitrogens is 1. The minimum atomic E-state index is -0.257. The third-order valence-electron chi connectivity index (χ3n) is 7.09. The van der Waals surface area contributed by atoms with Crippen LogP contribution >= 0.6 is 0 Å². The molecule has 0 saturated carbocycles. The Hall–Kier alpha value is -3.95. The summed E-state index contributed by atoms with van der Waals surface area (Å²) in [5.41, 5.74) is 5.05. The number of likely N-dealkylation sites (N-methyl/N-ethyl adjacent to an activating group) is 1. The Bertz CT molecular complexity index is 1450. The van der Waals surface area contributed by atoms with Gasteiger partial charge in [0.15, 0.2) is 5.82 Å². The lowest BCUT2D eigenvalue weighted by molar-refractivity contribution is 0.102. The quantitative estimate of drug-likeness (QED) is 0.290. The number of carbonyl (C=O) groups is 1. The normalized spacial score (nSPS) is 14.9. The van der Waals surface area contributed by atoms with Gasteiger partial charge in [-0.1, -0.05) is 18.2 Å². The molecule has 0 spiro atoms. The molecule has 0 radical (unpaired) electrons. The first-order valence-electron chi connectivity index (χ1n) is 13.3. The van der Waals surface area contributed by atoms with E-state index in [0.717, 1.165) is 59.6 Å². The number of rotatable bonds is 9. The average molecular weight is 531 g/mol. The highest BCUT2D eigenvalue weighted by molar-refractivity contribution is 6.11. The molecule has 5 rings (SSSR count). The van der Waals surface area contributed by atoms with E-state index in [2.05, 4.69) is 37.7 Å². The molecule has 8 nitrogen and oxygen atoms in total. The minimum Gasteiger partial charge on any atom is -0.383 e. The highest BCUT2D eigenvalue weighted by Gasteiger charge is 2.20. The van der Waals surface area contributed by atoms with Gasteiger partial charge in [-0.25, -0.2) is 4.39 Å². The Kier molecular flexibility index (Phi) is 8.09. The van der Waals surface area contributed by atoms with Crippen molar-refractivity contribution in [2.75, 3.05) is 62.5 Å². The van der Waals surface area contributed by atoms with Crippen molar-refractivity contribution in [3.63, 3.8) is 0 Å². The van der Waals surface area contributed by atoms with Crippen molar-refractivity contribution in [3.8, 4) is 0 Å². The summed E-state index contributed by atoms with van der Waals surface area (Å²) in [5, 5.41) is 14.6. The van der Waals surface area contributed by atoms with Crippen LogP contribution < -0.4 is 15.5 Å². The molecule has 1 fully saturated rings. The predicted molar refractivity (Wildman–Crippen MR) is 154 cm³/mol. The van der Waals surface area contributed by atoms with Gasteiger partial charge in [0.05, 0.1) is 17.7 Å². The van der Waals surface area contributed by atoms with Crippen LogP contribution in [0.25, 0.3) is 10.9 Å². The lowest BCUT2D eigenvalue weighted by Gasteiger charge is -2.34. The van der Waals surface area contributed by atoms with Crippen molar-refractivity contribution in [2.24, 2.45) is 0 Å². The molecule has 4 aromatic rings. The summed E-state index contributed by atoms with van der Waals surface area (Å²) in [5.74, 6) is -0.0566. The number of carbonyl (C=O) groups excluding carboxylic acids is 1. The van der Waals surface area contributed by atoms with Gasteiger partial charge in [-0.3, -0.25) is 9.89 Å². The summed E-state index contributed by atoms with van der Waals surface area (Å²) in [6, 6.07) is 18.4. The zero-order chi connectivity index (χ0) is 27.4. The molecular weight excluding hydrogens is 495 g/mol. The van der Waals surface area contributed by atoms with Crippen LogP contribution in [0.1, 0.15) is 28.4 Å². The fourth-order valence-electron chi connectivity index (χ4n) is 4.99. The van der Waals surface area contributed by atoms with Gasteiger partial charge in [-0.05, 0) is 74.0 Å². The third-order valence-corrected chi connectivity index (χ3v) is 7.09. The van der Waals surface area contributed by atoms with E-state index < -0.39 is 0 Å². The molecule has 1 aromatic heterocycles. The number of fused-ring (bicyclic) bond motifs is 1. The lowest BCUT2D eigenvalue weighted by Crippen LogP contribution is -2.44. The Morgan fingerprint density at radius 1 is 1.08 bits per heavy atom. The smallest absolute Gasteiger partial charge is 0.258 e.